The van der Waals surface area contributed by atoms with Gasteiger partial charge in [0.2, 0.25) is 11.9 Å². The number of anilines is 1. The topological polar surface area (TPSA) is 75.9 Å². The van der Waals surface area contributed by atoms with Crippen molar-refractivity contribution < 1.29 is 9.53 Å². The lowest BCUT2D eigenvalue weighted by atomic mass is 9.89. The van der Waals surface area contributed by atoms with Gasteiger partial charge >= 0.3 is 0 Å². The second kappa shape index (κ2) is 10.00. The van der Waals surface area contributed by atoms with E-state index in [2.05, 4.69) is 27.4 Å². The Hall–Kier alpha value is -3.68. The number of aromatic nitrogens is 4. The van der Waals surface area contributed by atoms with Crippen LogP contribution in [0.2, 0.25) is 0 Å². The van der Waals surface area contributed by atoms with E-state index in [1.54, 1.807) is 7.11 Å². The summed E-state index contributed by atoms with van der Waals surface area (Å²) in [5.41, 5.74) is 2.78. The fourth-order valence-corrected chi connectivity index (χ4v) is 5.99. The quantitative estimate of drug-likeness (QED) is 0.400. The van der Waals surface area contributed by atoms with Gasteiger partial charge in [0.1, 0.15) is 11.6 Å². The van der Waals surface area contributed by atoms with Crippen LogP contribution in [0.5, 0.6) is 5.75 Å². The van der Waals surface area contributed by atoms with E-state index in [0.717, 1.165) is 59.0 Å². The number of ether oxygens (including phenoxy) is 1. The third-order valence-corrected chi connectivity index (χ3v) is 7.94. The molecule has 1 saturated carbocycles. The number of carbonyl (C=O) groups is 1. The lowest BCUT2D eigenvalue weighted by Crippen LogP contribution is -2.55. The normalized spacial score (nSPS) is 19.0. The molecule has 1 saturated heterocycles. The second-order valence-electron chi connectivity index (χ2n) is 10.4. The number of carbonyl (C=O) groups excluding carboxylic acids is 1. The number of amides is 1. The summed E-state index contributed by atoms with van der Waals surface area (Å²) >= 11 is 0. The molecule has 37 heavy (non-hydrogen) atoms. The van der Waals surface area contributed by atoms with Gasteiger partial charge < -0.3 is 14.5 Å². The maximum atomic E-state index is 13.3. The van der Waals surface area contributed by atoms with Crippen LogP contribution in [-0.4, -0.2) is 63.2 Å². The molecular formula is C29H34N6O2. The predicted molar refractivity (Wildman–Crippen MR) is 144 cm³/mol. The lowest BCUT2D eigenvalue weighted by Gasteiger charge is -2.40. The van der Waals surface area contributed by atoms with E-state index in [9.17, 15) is 4.79 Å². The summed E-state index contributed by atoms with van der Waals surface area (Å²) in [6.07, 6.45) is 6.44. The van der Waals surface area contributed by atoms with Gasteiger partial charge in [-0.05, 0) is 49.6 Å². The molecule has 2 aromatic carbocycles. The van der Waals surface area contributed by atoms with Crippen molar-refractivity contribution in [2.45, 2.75) is 57.4 Å². The third kappa shape index (κ3) is 4.49. The zero-order valence-electron chi connectivity index (χ0n) is 21.6. The Kier molecular flexibility index (Phi) is 6.40. The summed E-state index contributed by atoms with van der Waals surface area (Å²) < 4.78 is 7.53. The number of piperazine rings is 1. The molecule has 0 radical (unpaired) electrons. The summed E-state index contributed by atoms with van der Waals surface area (Å²) in [7, 11) is 1.65. The molecule has 0 bridgehead atoms. The van der Waals surface area contributed by atoms with E-state index in [1.807, 2.05) is 47.4 Å². The first kappa shape index (κ1) is 23.7. The molecule has 3 heterocycles. The van der Waals surface area contributed by atoms with Crippen molar-refractivity contribution in [3.63, 3.8) is 0 Å². The van der Waals surface area contributed by atoms with Crippen molar-refractivity contribution >= 4 is 28.4 Å². The van der Waals surface area contributed by atoms with Gasteiger partial charge in [0, 0.05) is 37.0 Å². The Labute approximate surface area is 217 Å². The minimum absolute atomic E-state index is 0.0600. The van der Waals surface area contributed by atoms with Gasteiger partial charge in [-0.15, -0.1) is 10.2 Å². The summed E-state index contributed by atoms with van der Waals surface area (Å²) in [4.78, 5) is 22.7. The smallest absolute Gasteiger partial charge is 0.227 e. The van der Waals surface area contributed by atoms with Gasteiger partial charge in [-0.1, -0.05) is 43.5 Å². The summed E-state index contributed by atoms with van der Waals surface area (Å²) in [6, 6.07) is 16.0. The first-order valence-electron chi connectivity index (χ1n) is 13.4. The largest absolute Gasteiger partial charge is 0.497 e. The highest BCUT2D eigenvalue weighted by Crippen LogP contribution is 2.35. The van der Waals surface area contributed by atoms with Crippen LogP contribution in [0.15, 0.2) is 48.5 Å². The molecule has 8 heteroatoms. The number of rotatable bonds is 5. The molecule has 1 atom stereocenters. The van der Waals surface area contributed by atoms with Crippen molar-refractivity contribution in [2.24, 2.45) is 0 Å². The highest BCUT2D eigenvalue weighted by Gasteiger charge is 2.31. The van der Waals surface area contributed by atoms with E-state index < -0.39 is 0 Å². The van der Waals surface area contributed by atoms with Gasteiger partial charge in [-0.3, -0.25) is 4.79 Å². The van der Waals surface area contributed by atoms with Gasteiger partial charge in [-0.25, -0.2) is 9.38 Å². The van der Waals surface area contributed by atoms with Crippen LogP contribution in [0.25, 0.3) is 16.6 Å². The molecule has 2 fully saturated rings. The van der Waals surface area contributed by atoms with Crippen molar-refractivity contribution in [1.29, 1.82) is 0 Å². The van der Waals surface area contributed by atoms with Crippen LogP contribution in [0.1, 0.15) is 56.3 Å². The van der Waals surface area contributed by atoms with Crippen molar-refractivity contribution in [2.75, 3.05) is 31.6 Å². The number of nitrogens with zero attached hydrogens (tertiary/aromatic N) is 6. The zero-order chi connectivity index (χ0) is 25.4. The maximum absolute atomic E-state index is 13.3. The summed E-state index contributed by atoms with van der Waals surface area (Å²) in [6.45, 7) is 4.21. The standard InChI is InChI=1S/C29H34N6O2/c1-20-19-33(15-16-34(20)26(36)18-21-9-8-12-23(17-21)37-2)29-30-25-14-7-6-13-24(25)28-32-31-27(35(28)29)22-10-4-3-5-11-22/h6-9,12-14,17,20,22H,3-5,10-11,15-16,18-19H2,1-2H3. The maximum Gasteiger partial charge on any atom is 0.227 e. The van der Waals surface area contributed by atoms with Gasteiger partial charge in [0.15, 0.2) is 5.65 Å². The number of benzene rings is 2. The molecular weight excluding hydrogens is 464 g/mol. The van der Waals surface area contributed by atoms with E-state index in [-0.39, 0.29) is 11.9 Å². The fraction of sp³-hybridized carbons (Fsp3) is 0.448. The Morgan fingerprint density at radius 1 is 1.03 bits per heavy atom. The van der Waals surface area contributed by atoms with Gasteiger partial charge in [0.25, 0.3) is 0 Å². The molecule has 2 aliphatic rings. The number of para-hydroxylation sites is 1. The third-order valence-electron chi connectivity index (χ3n) is 7.94. The second-order valence-corrected chi connectivity index (χ2v) is 10.4. The molecule has 1 unspecified atom stereocenters. The Bertz CT molecular complexity index is 1430. The van der Waals surface area contributed by atoms with Gasteiger partial charge in [-0.2, -0.15) is 0 Å². The number of fused-ring (bicyclic) bond motifs is 3. The Balaban J connectivity index is 1.29. The Morgan fingerprint density at radius 3 is 2.68 bits per heavy atom. The van der Waals surface area contributed by atoms with E-state index in [1.165, 1.54) is 19.3 Å². The van der Waals surface area contributed by atoms with E-state index >= 15 is 0 Å². The summed E-state index contributed by atoms with van der Waals surface area (Å²) in [5, 5.41) is 10.4. The van der Waals surface area contributed by atoms with Crippen molar-refractivity contribution in [3.05, 3.63) is 59.9 Å². The fourth-order valence-electron chi connectivity index (χ4n) is 5.99. The van der Waals surface area contributed by atoms with Crippen molar-refractivity contribution in [3.8, 4) is 5.75 Å². The van der Waals surface area contributed by atoms with Crippen LogP contribution < -0.4 is 9.64 Å². The van der Waals surface area contributed by atoms with Crippen LogP contribution >= 0.6 is 0 Å². The highest BCUT2D eigenvalue weighted by atomic mass is 16.5. The molecule has 0 spiro atoms. The average Bonchev–Trinajstić information content (AvgIpc) is 3.39. The molecule has 1 amide bonds. The monoisotopic (exact) mass is 498 g/mol. The first-order valence-corrected chi connectivity index (χ1v) is 13.4. The Morgan fingerprint density at radius 2 is 1.86 bits per heavy atom. The van der Waals surface area contributed by atoms with E-state index in [4.69, 9.17) is 14.8 Å². The minimum atomic E-state index is 0.0600. The minimum Gasteiger partial charge on any atom is -0.497 e. The SMILES string of the molecule is COc1cccc(CC(=O)N2CCN(c3nc4ccccc4c4nnc(C5CCCCC5)n34)CC2C)c1. The van der Waals surface area contributed by atoms with Crippen LogP contribution in [-0.2, 0) is 11.2 Å². The number of hydrogen-bond acceptors (Lipinski definition) is 6. The lowest BCUT2D eigenvalue weighted by molar-refractivity contribution is -0.132. The number of methoxy groups -OCH3 is 1. The van der Waals surface area contributed by atoms with Crippen LogP contribution in [0.4, 0.5) is 5.95 Å². The molecule has 2 aromatic heterocycles. The summed E-state index contributed by atoms with van der Waals surface area (Å²) in [5.74, 6) is 3.26. The van der Waals surface area contributed by atoms with Crippen LogP contribution in [0, 0.1) is 0 Å². The predicted octanol–water partition coefficient (Wildman–Crippen LogP) is 4.61. The first-order chi connectivity index (χ1) is 18.1. The molecule has 8 nitrogen and oxygen atoms in total. The zero-order valence-corrected chi connectivity index (χ0v) is 21.6. The molecule has 4 aromatic rings. The molecule has 1 aliphatic heterocycles. The molecule has 0 N–H and O–H groups in total. The molecule has 192 valence electrons. The van der Waals surface area contributed by atoms with Crippen LogP contribution in [0.3, 0.4) is 0 Å². The highest BCUT2D eigenvalue weighted by molar-refractivity contribution is 5.92. The van der Waals surface area contributed by atoms with Gasteiger partial charge in [0.05, 0.1) is 19.0 Å². The van der Waals surface area contributed by atoms with E-state index in [0.29, 0.717) is 25.4 Å². The van der Waals surface area contributed by atoms with Crippen molar-refractivity contribution in [1.82, 2.24) is 24.5 Å². The molecule has 1 aliphatic carbocycles. The molecule has 6 rings (SSSR count). The number of hydrogen-bond donors (Lipinski definition) is 0. The average molecular weight is 499 g/mol.